The van der Waals surface area contributed by atoms with Gasteiger partial charge >= 0.3 is 6.18 Å². The van der Waals surface area contributed by atoms with Crippen molar-refractivity contribution in [3.05, 3.63) is 53.5 Å². The lowest BCUT2D eigenvalue weighted by atomic mass is 10.2. The molecule has 0 aliphatic rings. The third-order valence-corrected chi connectivity index (χ3v) is 6.34. The fraction of sp³-hybridized carbons (Fsp3) is 0.235. The lowest BCUT2D eigenvalue weighted by Crippen LogP contribution is -2.44. The molecule has 1 heterocycles. The number of nitrogens with zero attached hydrogens (tertiary/aromatic N) is 2. The van der Waals surface area contributed by atoms with Crippen molar-refractivity contribution in [1.82, 2.24) is 4.98 Å². The fourth-order valence-electron chi connectivity index (χ4n) is 2.09. The van der Waals surface area contributed by atoms with Gasteiger partial charge in [0.1, 0.15) is 21.3 Å². The minimum absolute atomic E-state index is 0.104. The number of carbonyl (C=O) groups is 1. The monoisotopic (exact) mass is 415 g/mol. The summed E-state index contributed by atoms with van der Waals surface area (Å²) in [5.41, 5.74) is -1.15. The Morgan fingerprint density at radius 2 is 1.82 bits per heavy atom. The minimum atomic E-state index is -4.62. The quantitative estimate of drug-likeness (QED) is 0.773. The van der Waals surface area contributed by atoms with Crippen LogP contribution in [0.4, 0.5) is 23.4 Å². The summed E-state index contributed by atoms with van der Waals surface area (Å²) in [5.74, 6) is -2.63. The number of rotatable bonds is 4. The Labute approximate surface area is 157 Å². The molecule has 0 bridgehead atoms. The molecule has 0 spiro atoms. The standard InChI is InChI=1S/C17H13F4N3O3S/c1-16(2,28(26,27)13-5-3-10(8-22)7-12(13)18)15(25)24-14-6-4-11(9-23-14)17(19,20)21/h3-7,9H,1-2H3,(H,23,24,25). The van der Waals surface area contributed by atoms with Gasteiger partial charge in [-0.15, -0.1) is 0 Å². The van der Waals surface area contributed by atoms with Crippen LogP contribution < -0.4 is 5.32 Å². The number of alkyl halides is 3. The molecule has 28 heavy (non-hydrogen) atoms. The maximum atomic E-state index is 14.1. The van der Waals surface area contributed by atoms with Crippen LogP contribution in [0.1, 0.15) is 25.0 Å². The van der Waals surface area contributed by atoms with Gasteiger partial charge in [0.05, 0.1) is 17.2 Å². The van der Waals surface area contributed by atoms with E-state index in [4.69, 9.17) is 5.26 Å². The number of anilines is 1. The molecule has 11 heteroatoms. The number of carbonyl (C=O) groups excluding carboxylic acids is 1. The van der Waals surface area contributed by atoms with Gasteiger partial charge in [-0.2, -0.15) is 18.4 Å². The van der Waals surface area contributed by atoms with Gasteiger partial charge in [0, 0.05) is 6.20 Å². The second kappa shape index (κ2) is 7.20. The Hall–Kier alpha value is -3.00. The van der Waals surface area contributed by atoms with E-state index >= 15 is 0 Å². The number of hydrogen-bond acceptors (Lipinski definition) is 5. The van der Waals surface area contributed by atoms with Crippen LogP contribution in [-0.2, 0) is 20.8 Å². The molecule has 2 aromatic rings. The molecule has 0 unspecified atom stereocenters. The Bertz CT molecular complexity index is 1060. The lowest BCUT2D eigenvalue weighted by molar-refractivity contribution is -0.137. The van der Waals surface area contributed by atoms with Crippen LogP contribution in [0, 0.1) is 17.1 Å². The van der Waals surface area contributed by atoms with Crippen molar-refractivity contribution in [1.29, 1.82) is 5.26 Å². The molecule has 6 nitrogen and oxygen atoms in total. The number of pyridine rings is 1. The van der Waals surface area contributed by atoms with E-state index in [0.29, 0.717) is 12.3 Å². The van der Waals surface area contributed by atoms with Crippen molar-refractivity contribution in [2.24, 2.45) is 0 Å². The summed E-state index contributed by atoms with van der Waals surface area (Å²) in [6.45, 7) is 2.03. The van der Waals surface area contributed by atoms with Crippen LogP contribution in [0.15, 0.2) is 41.4 Å². The minimum Gasteiger partial charge on any atom is -0.309 e. The SMILES string of the molecule is CC(C)(C(=O)Nc1ccc(C(F)(F)F)cn1)S(=O)(=O)c1ccc(C#N)cc1F. The first-order valence-corrected chi connectivity index (χ1v) is 9.08. The summed E-state index contributed by atoms with van der Waals surface area (Å²) in [7, 11) is -4.55. The normalized spacial score (nSPS) is 12.3. The van der Waals surface area contributed by atoms with Gasteiger partial charge in [-0.1, -0.05) is 0 Å². The van der Waals surface area contributed by atoms with Crippen LogP contribution in [0.3, 0.4) is 0 Å². The molecule has 1 N–H and O–H groups in total. The van der Waals surface area contributed by atoms with E-state index in [1.165, 1.54) is 0 Å². The predicted molar refractivity (Wildman–Crippen MR) is 90.2 cm³/mol. The number of sulfone groups is 1. The smallest absolute Gasteiger partial charge is 0.309 e. The number of halogens is 4. The maximum Gasteiger partial charge on any atom is 0.417 e. The largest absolute Gasteiger partial charge is 0.417 e. The summed E-state index contributed by atoms with van der Waals surface area (Å²) in [5, 5.41) is 10.8. The highest BCUT2D eigenvalue weighted by molar-refractivity contribution is 7.93. The molecule has 1 aromatic carbocycles. The number of nitrogens with one attached hydrogen (secondary N) is 1. The Morgan fingerprint density at radius 1 is 1.18 bits per heavy atom. The topological polar surface area (TPSA) is 99.9 Å². The third kappa shape index (κ3) is 3.96. The van der Waals surface area contributed by atoms with Crippen molar-refractivity contribution in [2.75, 3.05) is 5.32 Å². The number of benzene rings is 1. The first-order valence-electron chi connectivity index (χ1n) is 7.59. The van der Waals surface area contributed by atoms with Gasteiger partial charge < -0.3 is 5.32 Å². The zero-order valence-corrected chi connectivity index (χ0v) is 15.3. The Balaban J connectivity index is 2.32. The van der Waals surface area contributed by atoms with E-state index in [1.807, 2.05) is 0 Å². The van der Waals surface area contributed by atoms with Crippen molar-refractivity contribution >= 4 is 21.6 Å². The van der Waals surface area contributed by atoms with Crippen molar-refractivity contribution in [3.8, 4) is 6.07 Å². The van der Waals surface area contributed by atoms with Gasteiger partial charge in [-0.3, -0.25) is 4.79 Å². The van der Waals surface area contributed by atoms with Crippen molar-refractivity contribution in [3.63, 3.8) is 0 Å². The average molecular weight is 415 g/mol. The lowest BCUT2D eigenvalue weighted by Gasteiger charge is -2.24. The summed E-state index contributed by atoms with van der Waals surface area (Å²) < 4.78 is 75.1. The molecular weight excluding hydrogens is 402 g/mol. The van der Waals surface area contributed by atoms with Gasteiger partial charge in [0.2, 0.25) is 5.91 Å². The Kier molecular flexibility index (Phi) is 5.48. The summed E-state index contributed by atoms with van der Waals surface area (Å²) >= 11 is 0. The zero-order valence-electron chi connectivity index (χ0n) is 14.5. The fourth-order valence-corrected chi connectivity index (χ4v) is 3.50. The van der Waals surface area contributed by atoms with Crippen LogP contribution in [-0.4, -0.2) is 24.1 Å². The molecule has 0 saturated carbocycles. The molecule has 0 saturated heterocycles. The number of aromatic nitrogens is 1. The summed E-state index contributed by atoms with van der Waals surface area (Å²) in [4.78, 5) is 15.1. The van der Waals surface area contributed by atoms with Crippen LogP contribution in [0.5, 0.6) is 0 Å². The van der Waals surface area contributed by atoms with Gasteiger partial charge in [-0.25, -0.2) is 17.8 Å². The molecule has 2 rings (SSSR count). The molecular formula is C17H13F4N3O3S. The summed E-state index contributed by atoms with van der Waals surface area (Å²) in [6, 6.07) is 5.87. The first-order chi connectivity index (χ1) is 12.8. The second-order valence-corrected chi connectivity index (χ2v) is 8.62. The van der Waals surface area contributed by atoms with Crippen molar-refractivity contribution < 1.29 is 30.8 Å². The van der Waals surface area contributed by atoms with Crippen LogP contribution in [0.2, 0.25) is 0 Å². The van der Waals surface area contributed by atoms with E-state index in [2.05, 4.69) is 10.3 Å². The van der Waals surface area contributed by atoms with E-state index in [-0.39, 0.29) is 11.4 Å². The van der Waals surface area contributed by atoms with E-state index in [0.717, 1.165) is 38.1 Å². The van der Waals surface area contributed by atoms with Gasteiger partial charge in [-0.05, 0) is 44.2 Å². The molecule has 1 aromatic heterocycles. The highest BCUT2D eigenvalue weighted by Gasteiger charge is 2.44. The molecule has 0 aliphatic carbocycles. The first kappa shape index (κ1) is 21.3. The Morgan fingerprint density at radius 3 is 2.29 bits per heavy atom. The molecule has 0 atom stereocenters. The van der Waals surface area contributed by atoms with E-state index in [9.17, 15) is 30.8 Å². The third-order valence-electron chi connectivity index (χ3n) is 3.90. The van der Waals surface area contributed by atoms with E-state index < -0.39 is 42.9 Å². The van der Waals surface area contributed by atoms with Gasteiger partial charge in [0.25, 0.3) is 0 Å². The second-order valence-electron chi connectivity index (χ2n) is 6.15. The van der Waals surface area contributed by atoms with E-state index in [1.54, 1.807) is 6.07 Å². The van der Waals surface area contributed by atoms with Crippen LogP contribution >= 0.6 is 0 Å². The van der Waals surface area contributed by atoms with Gasteiger partial charge in [0.15, 0.2) is 9.84 Å². The average Bonchev–Trinajstić information content (AvgIpc) is 2.60. The molecule has 1 amide bonds. The molecule has 0 fully saturated rings. The maximum absolute atomic E-state index is 14.1. The highest BCUT2D eigenvalue weighted by atomic mass is 32.2. The molecule has 148 valence electrons. The number of hydrogen-bond donors (Lipinski definition) is 1. The summed E-state index contributed by atoms with van der Waals surface area (Å²) in [6.07, 6.45) is -4.14. The predicted octanol–water partition coefficient (Wildman–Crippen LogP) is 3.30. The van der Waals surface area contributed by atoms with Crippen LogP contribution in [0.25, 0.3) is 0 Å². The molecule has 0 aliphatic heterocycles. The number of amides is 1. The number of nitriles is 1. The highest BCUT2D eigenvalue weighted by Crippen LogP contribution is 2.31. The molecule has 0 radical (unpaired) electrons. The van der Waals surface area contributed by atoms with Crippen molar-refractivity contribution in [2.45, 2.75) is 29.7 Å². The zero-order chi connectivity index (χ0) is 21.3.